The monoisotopic (exact) mass is 278 g/mol. The Kier molecular flexibility index (Phi) is 3.78. The van der Waals surface area contributed by atoms with Crippen molar-refractivity contribution in [2.75, 3.05) is 6.61 Å². The van der Waals surface area contributed by atoms with Gasteiger partial charge in [0.15, 0.2) is 11.4 Å². The molecule has 2 aromatic carbocycles. The lowest BCUT2D eigenvalue weighted by molar-refractivity contribution is 0.0841. The molecule has 1 aliphatic heterocycles. The maximum absolute atomic E-state index is 6.13. The Morgan fingerprint density at radius 1 is 0.905 bits per heavy atom. The summed E-state index contributed by atoms with van der Waals surface area (Å²) in [5.74, 6) is 0.750. The van der Waals surface area contributed by atoms with Gasteiger partial charge in [-0.05, 0) is 19.1 Å². The summed E-state index contributed by atoms with van der Waals surface area (Å²) in [6.07, 6.45) is 5.74. The molecule has 106 valence electrons. The van der Waals surface area contributed by atoms with Crippen LogP contribution >= 0.6 is 0 Å². The number of benzene rings is 2. The normalized spacial score (nSPS) is 16.0. The van der Waals surface area contributed by atoms with Crippen molar-refractivity contribution in [1.29, 1.82) is 0 Å². The van der Waals surface area contributed by atoms with Crippen molar-refractivity contribution >= 4 is 0 Å². The van der Waals surface area contributed by atoms with Crippen molar-refractivity contribution in [1.82, 2.24) is 0 Å². The maximum Gasteiger partial charge on any atom is 0.177 e. The standard InChI is InChI=1S/C19H18O2/c1-2-20-18-13-14-19(21-15-18,16-9-5-3-6-10-16)17-11-7-4-8-12-17/h3-15H,2H2,1H3. The average molecular weight is 278 g/mol. The van der Waals surface area contributed by atoms with Crippen LogP contribution in [0, 0.1) is 0 Å². The Morgan fingerprint density at radius 2 is 1.48 bits per heavy atom. The van der Waals surface area contributed by atoms with Crippen molar-refractivity contribution in [2.45, 2.75) is 12.5 Å². The molecular weight excluding hydrogens is 260 g/mol. The average Bonchev–Trinajstić information content (AvgIpc) is 2.58. The molecule has 0 bridgehead atoms. The predicted molar refractivity (Wildman–Crippen MR) is 83.6 cm³/mol. The summed E-state index contributed by atoms with van der Waals surface area (Å²) in [5.41, 5.74) is 1.60. The molecule has 0 N–H and O–H groups in total. The van der Waals surface area contributed by atoms with Crippen molar-refractivity contribution in [3.05, 3.63) is 96.0 Å². The van der Waals surface area contributed by atoms with Crippen LogP contribution in [0.4, 0.5) is 0 Å². The molecule has 3 rings (SSSR count). The zero-order valence-electron chi connectivity index (χ0n) is 12.0. The van der Waals surface area contributed by atoms with Crippen LogP contribution in [0.5, 0.6) is 0 Å². The van der Waals surface area contributed by atoms with E-state index in [4.69, 9.17) is 9.47 Å². The van der Waals surface area contributed by atoms with Gasteiger partial charge in [0, 0.05) is 11.1 Å². The Labute approximate surface area is 125 Å². The van der Waals surface area contributed by atoms with Crippen LogP contribution in [-0.4, -0.2) is 6.61 Å². The van der Waals surface area contributed by atoms with Crippen LogP contribution < -0.4 is 0 Å². The third kappa shape index (κ3) is 2.57. The lowest BCUT2D eigenvalue weighted by atomic mass is 9.85. The molecule has 0 aliphatic carbocycles. The van der Waals surface area contributed by atoms with Crippen LogP contribution in [-0.2, 0) is 15.1 Å². The largest absolute Gasteiger partial charge is 0.491 e. The highest BCUT2D eigenvalue weighted by Crippen LogP contribution is 2.38. The zero-order valence-corrected chi connectivity index (χ0v) is 12.0. The Morgan fingerprint density at radius 3 is 1.90 bits per heavy atom. The zero-order chi connectivity index (χ0) is 14.5. The first-order valence-corrected chi connectivity index (χ1v) is 7.16. The van der Waals surface area contributed by atoms with Gasteiger partial charge in [0.05, 0.1) is 6.61 Å². The lowest BCUT2D eigenvalue weighted by Gasteiger charge is -2.33. The molecule has 2 nitrogen and oxygen atoms in total. The number of allylic oxidation sites excluding steroid dienone is 1. The first kappa shape index (κ1) is 13.5. The van der Waals surface area contributed by atoms with Gasteiger partial charge in [-0.15, -0.1) is 0 Å². The molecule has 0 unspecified atom stereocenters. The Bertz CT molecular complexity index is 602. The van der Waals surface area contributed by atoms with Gasteiger partial charge in [0.1, 0.15) is 6.26 Å². The van der Waals surface area contributed by atoms with E-state index in [0.29, 0.717) is 6.61 Å². The van der Waals surface area contributed by atoms with Crippen LogP contribution in [0.15, 0.2) is 84.8 Å². The van der Waals surface area contributed by atoms with Gasteiger partial charge in [-0.2, -0.15) is 0 Å². The minimum atomic E-state index is -0.594. The molecule has 0 spiro atoms. The molecule has 21 heavy (non-hydrogen) atoms. The molecule has 0 amide bonds. The van der Waals surface area contributed by atoms with Crippen LogP contribution in [0.3, 0.4) is 0 Å². The SMILES string of the molecule is CCOC1=COC(c2ccccc2)(c2ccccc2)C=C1. The van der Waals surface area contributed by atoms with Crippen LogP contribution in [0.1, 0.15) is 18.1 Å². The minimum absolute atomic E-state index is 0.594. The maximum atomic E-state index is 6.13. The Hall–Kier alpha value is -2.48. The van der Waals surface area contributed by atoms with Gasteiger partial charge in [-0.1, -0.05) is 60.7 Å². The number of ether oxygens (including phenoxy) is 2. The van der Waals surface area contributed by atoms with Gasteiger partial charge in [0.25, 0.3) is 0 Å². The summed E-state index contributed by atoms with van der Waals surface area (Å²) in [4.78, 5) is 0. The molecule has 0 saturated heterocycles. The molecule has 2 heteroatoms. The molecule has 2 aromatic rings. The fourth-order valence-corrected chi connectivity index (χ4v) is 2.54. The van der Waals surface area contributed by atoms with Gasteiger partial charge in [0.2, 0.25) is 0 Å². The third-order valence-corrected chi connectivity index (χ3v) is 3.56. The van der Waals surface area contributed by atoms with Gasteiger partial charge in [-0.25, -0.2) is 0 Å². The predicted octanol–water partition coefficient (Wildman–Crippen LogP) is 4.39. The molecule has 0 aromatic heterocycles. The van der Waals surface area contributed by atoms with E-state index in [1.165, 1.54) is 0 Å². The number of hydrogen-bond donors (Lipinski definition) is 0. The molecule has 0 atom stereocenters. The van der Waals surface area contributed by atoms with Gasteiger partial charge in [-0.3, -0.25) is 0 Å². The third-order valence-electron chi connectivity index (χ3n) is 3.56. The highest BCUT2D eigenvalue weighted by atomic mass is 16.5. The molecular formula is C19H18O2. The molecule has 1 aliphatic rings. The van der Waals surface area contributed by atoms with E-state index < -0.39 is 5.60 Å². The molecule has 0 fully saturated rings. The second-order valence-electron chi connectivity index (χ2n) is 4.87. The lowest BCUT2D eigenvalue weighted by Crippen LogP contribution is -2.29. The second kappa shape index (κ2) is 5.88. The molecule has 0 radical (unpaired) electrons. The van der Waals surface area contributed by atoms with E-state index in [1.54, 1.807) is 6.26 Å². The highest BCUT2D eigenvalue weighted by molar-refractivity contribution is 5.44. The fraction of sp³-hybridized carbons (Fsp3) is 0.158. The second-order valence-corrected chi connectivity index (χ2v) is 4.87. The summed E-state index contributed by atoms with van der Waals surface area (Å²) in [5, 5.41) is 0. The van der Waals surface area contributed by atoms with E-state index in [9.17, 15) is 0 Å². The van der Waals surface area contributed by atoms with Crippen molar-refractivity contribution in [3.63, 3.8) is 0 Å². The van der Waals surface area contributed by atoms with Crippen LogP contribution in [0.25, 0.3) is 0 Å². The number of hydrogen-bond acceptors (Lipinski definition) is 2. The van der Waals surface area contributed by atoms with Crippen molar-refractivity contribution in [3.8, 4) is 0 Å². The van der Waals surface area contributed by atoms with Crippen molar-refractivity contribution < 1.29 is 9.47 Å². The summed E-state index contributed by atoms with van der Waals surface area (Å²) < 4.78 is 11.6. The molecule has 0 saturated carbocycles. The fourth-order valence-electron chi connectivity index (χ4n) is 2.54. The summed E-state index contributed by atoms with van der Waals surface area (Å²) in [6, 6.07) is 20.4. The summed E-state index contributed by atoms with van der Waals surface area (Å²) in [6.45, 7) is 2.59. The minimum Gasteiger partial charge on any atom is -0.491 e. The molecule has 1 heterocycles. The van der Waals surface area contributed by atoms with E-state index in [0.717, 1.165) is 16.9 Å². The van der Waals surface area contributed by atoms with Gasteiger partial charge < -0.3 is 9.47 Å². The smallest absolute Gasteiger partial charge is 0.177 e. The van der Waals surface area contributed by atoms with Gasteiger partial charge >= 0.3 is 0 Å². The summed E-state index contributed by atoms with van der Waals surface area (Å²) >= 11 is 0. The Balaban J connectivity index is 2.05. The van der Waals surface area contributed by atoms with E-state index >= 15 is 0 Å². The topological polar surface area (TPSA) is 18.5 Å². The highest BCUT2D eigenvalue weighted by Gasteiger charge is 2.34. The quantitative estimate of drug-likeness (QED) is 0.825. The van der Waals surface area contributed by atoms with Crippen LogP contribution in [0.2, 0.25) is 0 Å². The number of rotatable bonds is 4. The first-order valence-electron chi connectivity index (χ1n) is 7.16. The van der Waals surface area contributed by atoms with E-state index in [-0.39, 0.29) is 0 Å². The first-order chi connectivity index (χ1) is 10.3. The van der Waals surface area contributed by atoms with E-state index in [1.807, 2.05) is 49.4 Å². The van der Waals surface area contributed by atoms with E-state index in [2.05, 4.69) is 30.3 Å². The van der Waals surface area contributed by atoms with Crippen molar-refractivity contribution in [2.24, 2.45) is 0 Å². The summed E-state index contributed by atoms with van der Waals surface area (Å²) in [7, 11) is 0.